The molecule has 112 valence electrons. The molecule has 0 fully saturated rings. The average molecular weight is 365 g/mol. The van der Waals surface area contributed by atoms with Gasteiger partial charge in [0.05, 0.1) is 10.7 Å². The molecule has 0 aliphatic rings. The molecule has 1 aromatic heterocycles. The smallest absolute Gasteiger partial charge is 0.173 e. The first-order chi connectivity index (χ1) is 10.6. The van der Waals surface area contributed by atoms with Crippen molar-refractivity contribution in [3.8, 4) is 34.3 Å². The first kappa shape index (κ1) is 14.4. The van der Waals surface area contributed by atoms with Gasteiger partial charge in [0.2, 0.25) is 0 Å². The van der Waals surface area contributed by atoms with Gasteiger partial charge in [-0.3, -0.25) is 5.10 Å². The molecule has 3 N–H and O–H groups in total. The third kappa shape index (κ3) is 2.62. The van der Waals surface area contributed by atoms with Gasteiger partial charge in [-0.05, 0) is 34.1 Å². The van der Waals surface area contributed by atoms with Crippen LogP contribution in [0.1, 0.15) is 0 Å². The molecule has 22 heavy (non-hydrogen) atoms. The lowest BCUT2D eigenvalue weighted by atomic mass is 10.1. The van der Waals surface area contributed by atoms with E-state index in [-0.39, 0.29) is 23.0 Å². The zero-order chi connectivity index (χ0) is 15.7. The number of nitrogens with one attached hydrogen (secondary N) is 1. The van der Waals surface area contributed by atoms with E-state index < -0.39 is 5.82 Å². The molecule has 7 heteroatoms. The van der Waals surface area contributed by atoms with Crippen LogP contribution in [0.15, 0.2) is 47.1 Å². The summed E-state index contributed by atoms with van der Waals surface area (Å²) < 4.78 is 19.6. The maximum atomic E-state index is 13.7. The van der Waals surface area contributed by atoms with E-state index in [2.05, 4.69) is 26.1 Å². The van der Waals surface area contributed by atoms with Crippen LogP contribution in [0.3, 0.4) is 0 Å². The molecule has 0 radical (unpaired) electrons. The molecule has 0 spiro atoms. The minimum absolute atomic E-state index is 0.0440. The lowest BCUT2D eigenvalue weighted by Crippen LogP contribution is -1.89. The molecular weight excluding hydrogens is 355 g/mol. The van der Waals surface area contributed by atoms with Gasteiger partial charge in [0.25, 0.3) is 0 Å². The number of para-hydroxylation sites is 1. The maximum Gasteiger partial charge on any atom is 0.173 e. The summed E-state index contributed by atoms with van der Waals surface area (Å²) in [5.74, 6) is -0.480. The van der Waals surface area contributed by atoms with Crippen molar-refractivity contribution in [2.75, 3.05) is 0 Å². The fourth-order valence-corrected chi connectivity index (χ4v) is 2.29. The first-order valence-corrected chi connectivity index (χ1v) is 7.03. The Balaban J connectivity index is 2.03. The lowest BCUT2D eigenvalue weighted by Gasteiger charge is -2.09. The van der Waals surface area contributed by atoms with E-state index in [1.807, 2.05) is 0 Å². The van der Waals surface area contributed by atoms with Crippen molar-refractivity contribution in [1.29, 1.82) is 0 Å². The molecule has 2 aromatic carbocycles. The molecule has 0 atom stereocenters. The summed E-state index contributed by atoms with van der Waals surface area (Å²) in [5, 5.41) is 26.1. The molecule has 0 saturated heterocycles. The number of phenols is 2. The van der Waals surface area contributed by atoms with Gasteiger partial charge in [-0.2, -0.15) is 5.10 Å². The van der Waals surface area contributed by atoms with Gasteiger partial charge in [-0.25, -0.2) is 4.39 Å². The van der Waals surface area contributed by atoms with Gasteiger partial charge in [-0.1, -0.05) is 12.1 Å². The third-order valence-electron chi connectivity index (χ3n) is 3.00. The number of ether oxygens (including phenoxy) is 1. The van der Waals surface area contributed by atoms with Gasteiger partial charge >= 0.3 is 0 Å². The minimum Gasteiger partial charge on any atom is -0.507 e. The summed E-state index contributed by atoms with van der Waals surface area (Å²) in [6.45, 7) is 0. The van der Waals surface area contributed by atoms with Crippen LogP contribution in [0.4, 0.5) is 4.39 Å². The number of halogens is 2. The summed E-state index contributed by atoms with van der Waals surface area (Å²) in [5.41, 5.74) is 0.718. The van der Waals surface area contributed by atoms with Gasteiger partial charge in [0, 0.05) is 11.6 Å². The van der Waals surface area contributed by atoms with Crippen molar-refractivity contribution in [2.45, 2.75) is 0 Å². The lowest BCUT2D eigenvalue weighted by molar-refractivity contribution is 0.441. The van der Waals surface area contributed by atoms with Gasteiger partial charge in [-0.15, -0.1) is 0 Å². The van der Waals surface area contributed by atoms with Crippen LogP contribution in [0.25, 0.3) is 11.3 Å². The normalized spacial score (nSPS) is 10.6. The van der Waals surface area contributed by atoms with Crippen molar-refractivity contribution >= 4 is 15.9 Å². The Labute approximate surface area is 133 Å². The van der Waals surface area contributed by atoms with E-state index in [1.165, 1.54) is 30.5 Å². The molecule has 0 amide bonds. The number of hydrogen-bond donors (Lipinski definition) is 3. The van der Waals surface area contributed by atoms with Crippen LogP contribution in [-0.4, -0.2) is 20.4 Å². The molecule has 0 unspecified atom stereocenters. The Morgan fingerprint density at radius 2 is 1.86 bits per heavy atom. The zero-order valence-electron chi connectivity index (χ0n) is 11.0. The second-order valence-electron chi connectivity index (χ2n) is 4.46. The van der Waals surface area contributed by atoms with Crippen molar-refractivity contribution in [3.63, 3.8) is 0 Å². The predicted octanol–water partition coefficient (Wildman–Crippen LogP) is 4.18. The monoisotopic (exact) mass is 364 g/mol. The van der Waals surface area contributed by atoms with E-state index in [4.69, 9.17) is 4.74 Å². The Bertz CT molecular complexity index is 835. The molecule has 0 saturated carbocycles. The van der Waals surface area contributed by atoms with Crippen LogP contribution in [0, 0.1) is 5.82 Å². The molecular formula is C15H10BrFN2O3. The minimum atomic E-state index is -0.509. The number of aromatic hydroxyl groups is 2. The quantitative estimate of drug-likeness (QED) is 0.651. The molecule has 0 aliphatic carbocycles. The van der Waals surface area contributed by atoms with Gasteiger partial charge in [0.1, 0.15) is 17.2 Å². The van der Waals surface area contributed by atoms with Crippen molar-refractivity contribution < 1.29 is 19.3 Å². The van der Waals surface area contributed by atoms with E-state index >= 15 is 0 Å². The van der Waals surface area contributed by atoms with Crippen LogP contribution < -0.4 is 4.74 Å². The molecule has 0 bridgehead atoms. The standard InChI is InChI=1S/C15H10BrFN2O3/c16-9-5-8(11(20)6-12(9)21)15-14(7-18-19-15)22-13-4-2-1-3-10(13)17/h1-7,20-21H,(H,18,19). The fourth-order valence-electron chi connectivity index (χ4n) is 1.94. The molecule has 3 aromatic rings. The zero-order valence-corrected chi connectivity index (χ0v) is 12.6. The number of rotatable bonds is 3. The second-order valence-corrected chi connectivity index (χ2v) is 5.32. The van der Waals surface area contributed by atoms with Crippen molar-refractivity contribution in [3.05, 3.63) is 52.9 Å². The van der Waals surface area contributed by atoms with Crippen molar-refractivity contribution in [2.24, 2.45) is 0 Å². The number of H-pyrrole nitrogens is 1. The summed E-state index contributed by atoms with van der Waals surface area (Å²) in [6, 6.07) is 8.66. The number of benzene rings is 2. The molecule has 3 rings (SSSR count). The largest absolute Gasteiger partial charge is 0.507 e. The summed E-state index contributed by atoms with van der Waals surface area (Å²) in [6.07, 6.45) is 1.38. The number of aromatic amines is 1. The highest BCUT2D eigenvalue weighted by molar-refractivity contribution is 9.10. The number of nitrogens with zero attached hydrogens (tertiary/aromatic N) is 1. The van der Waals surface area contributed by atoms with Crippen LogP contribution in [0.2, 0.25) is 0 Å². The number of aromatic nitrogens is 2. The molecule has 0 aliphatic heterocycles. The highest BCUT2D eigenvalue weighted by Crippen LogP contribution is 2.41. The van der Waals surface area contributed by atoms with E-state index in [1.54, 1.807) is 12.1 Å². The maximum absolute atomic E-state index is 13.7. The number of phenolic OH excluding ortho intramolecular Hbond substituents is 2. The third-order valence-corrected chi connectivity index (χ3v) is 3.63. The van der Waals surface area contributed by atoms with Crippen LogP contribution in [0.5, 0.6) is 23.0 Å². The number of hydrogen-bond acceptors (Lipinski definition) is 4. The fraction of sp³-hybridized carbons (Fsp3) is 0. The SMILES string of the molecule is Oc1cc(O)c(-c2[nH]ncc2Oc2ccccc2F)cc1Br. The van der Waals surface area contributed by atoms with Crippen LogP contribution in [-0.2, 0) is 0 Å². The first-order valence-electron chi connectivity index (χ1n) is 6.24. The van der Waals surface area contributed by atoms with Crippen LogP contribution >= 0.6 is 15.9 Å². The Kier molecular flexibility index (Phi) is 3.72. The second kappa shape index (κ2) is 5.69. The molecule has 5 nitrogen and oxygen atoms in total. The van der Waals surface area contributed by atoms with E-state index in [9.17, 15) is 14.6 Å². The van der Waals surface area contributed by atoms with E-state index in [0.29, 0.717) is 15.7 Å². The van der Waals surface area contributed by atoms with E-state index in [0.717, 1.165) is 0 Å². The highest BCUT2D eigenvalue weighted by atomic mass is 79.9. The summed E-state index contributed by atoms with van der Waals surface area (Å²) in [4.78, 5) is 0. The Hall–Kier alpha value is -2.54. The summed E-state index contributed by atoms with van der Waals surface area (Å²) in [7, 11) is 0. The van der Waals surface area contributed by atoms with Crippen molar-refractivity contribution in [1.82, 2.24) is 10.2 Å². The average Bonchev–Trinajstić information content (AvgIpc) is 2.93. The van der Waals surface area contributed by atoms with Gasteiger partial charge in [0.15, 0.2) is 17.3 Å². The topological polar surface area (TPSA) is 78.4 Å². The predicted molar refractivity (Wildman–Crippen MR) is 81.5 cm³/mol. The highest BCUT2D eigenvalue weighted by Gasteiger charge is 2.17. The van der Waals surface area contributed by atoms with Gasteiger partial charge < -0.3 is 14.9 Å². The Morgan fingerprint density at radius 3 is 2.64 bits per heavy atom. The Morgan fingerprint density at radius 1 is 1.09 bits per heavy atom. The summed E-state index contributed by atoms with van der Waals surface area (Å²) >= 11 is 3.17. The molecule has 1 heterocycles.